The van der Waals surface area contributed by atoms with E-state index < -0.39 is 5.97 Å². The zero-order chi connectivity index (χ0) is 12.5. The third-order valence-electron chi connectivity index (χ3n) is 3.12. The van der Waals surface area contributed by atoms with Gasteiger partial charge in [-0.05, 0) is 12.8 Å². The summed E-state index contributed by atoms with van der Waals surface area (Å²) in [7, 11) is 0. The molecule has 0 amide bonds. The molecule has 0 spiro atoms. The molecule has 1 aromatic carbocycles. The zero-order valence-corrected chi connectivity index (χ0v) is 9.78. The van der Waals surface area contributed by atoms with Crippen molar-refractivity contribution in [3.63, 3.8) is 0 Å². The van der Waals surface area contributed by atoms with Crippen molar-refractivity contribution in [2.45, 2.75) is 18.9 Å². The Balaban J connectivity index is 2.08. The van der Waals surface area contributed by atoms with E-state index in [-0.39, 0.29) is 6.54 Å². The minimum absolute atomic E-state index is 0.0205. The molecule has 1 saturated carbocycles. The molecule has 0 radical (unpaired) electrons. The van der Waals surface area contributed by atoms with Crippen molar-refractivity contribution >= 4 is 22.6 Å². The van der Waals surface area contributed by atoms with E-state index in [4.69, 9.17) is 5.11 Å². The number of benzene rings is 1. The number of anilines is 1. The number of fused-ring (bicyclic) bond motifs is 1. The van der Waals surface area contributed by atoms with Crippen molar-refractivity contribution in [3.05, 3.63) is 30.5 Å². The summed E-state index contributed by atoms with van der Waals surface area (Å²) in [4.78, 5) is 12.8. The first-order valence-corrected chi connectivity index (χ1v) is 5.94. The van der Waals surface area contributed by atoms with Crippen LogP contribution in [0.3, 0.4) is 0 Å². The number of carboxylic acids is 1. The smallest absolute Gasteiger partial charge is 0.323 e. The van der Waals surface area contributed by atoms with Gasteiger partial charge in [-0.1, -0.05) is 24.3 Å². The highest BCUT2D eigenvalue weighted by Gasteiger charge is 2.32. The number of aliphatic carboxylic acids is 1. The molecule has 3 rings (SSSR count). The number of hydrogen-bond donors (Lipinski definition) is 1. The van der Waals surface area contributed by atoms with Gasteiger partial charge in [-0.15, -0.1) is 5.10 Å². The maximum atomic E-state index is 11.0. The first-order valence-electron chi connectivity index (χ1n) is 5.94. The van der Waals surface area contributed by atoms with E-state index in [0.717, 1.165) is 23.6 Å². The van der Waals surface area contributed by atoms with Crippen LogP contribution in [0, 0.1) is 0 Å². The summed E-state index contributed by atoms with van der Waals surface area (Å²) in [6.45, 7) is -0.0205. The number of rotatable bonds is 4. The van der Waals surface area contributed by atoms with Crippen LogP contribution in [0.5, 0.6) is 0 Å². The van der Waals surface area contributed by atoms with Gasteiger partial charge in [0.15, 0.2) is 5.82 Å². The second-order valence-electron chi connectivity index (χ2n) is 4.51. The molecule has 0 bridgehead atoms. The molecule has 1 aliphatic rings. The van der Waals surface area contributed by atoms with Crippen molar-refractivity contribution in [3.8, 4) is 0 Å². The minimum atomic E-state index is -0.836. The summed E-state index contributed by atoms with van der Waals surface area (Å²) in [5.41, 5.74) is 0. The maximum Gasteiger partial charge on any atom is 0.323 e. The normalized spacial score (nSPS) is 14.7. The summed E-state index contributed by atoms with van der Waals surface area (Å²) >= 11 is 0. The number of carboxylic acid groups (broad SMARTS) is 1. The van der Waals surface area contributed by atoms with E-state index in [2.05, 4.69) is 10.2 Å². The number of nitrogens with zero attached hydrogens (tertiary/aromatic N) is 3. The Morgan fingerprint density at radius 3 is 2.89 bits per heavy atom. The molecule has 1 fully saturated rings. The fraction of sp³-hybridized carbons (Fsp3) is 0.308. The van der Waals surface area contributed by atoms with Crippen molar-refractivity contribution < 1.29 is 9.90 Å². The summed E-state index contributed by atoms with van der Waals surface area (Å²) in [6, 6.07) is 8.07. The number of carbonyl (C=O) groups is 1. The number of hydrogen-bond acceptors (Lipinski definition) is 4. The van der Waals surface area contributed by atoms with Gasteiger partial charge in [-0.25, -0.2) is 0 Å². The van der Waals surface area contributed by atoms with Gasteiger partial charge >= 0.3 is 5.97 Å². The quantitative estimate of drug-likeness (QED) is 0.885. The average molecular weight is 243 g/mol. The minimum Gasteiger partial charge on any atom is -0.480 e. The van der Waals surface area contributed by atoms with E-state index in [9.17, 15) is 4.79 Å². The van der Waals surface area contributed by atoms with Crippen molar-refractivity contribution in [2.75, 3.05) is 11.4 Å². The monoisotopic (exact) mass is 243 g/mol. The lowest BCUT2D eigenvalue weighted by Gasteiger charge is -2.21. The molecule has 1 aromatic heterocycles. The summed E-state index contributed by atoms with van der Waals surface area (Å²) in [5.74, 6) is -0.158. The predicted octanol–water partition coefficient (Wildman–Crippen LogP) is 1.68. The summed E-state index contributed by atoms with van der Waals surface area (Å²) in [5, 5.41) is 19.0. The first-order chi connectivity index (χ1) is 8.75. The van der Waals surface area contributed by atoms with Crippen molar-refractivity contribution in [1.82, 2.24) is 10.2 Å². The maximum absolute atomic E-state index is 11.0. The largest absolute Gasteiger partial charge is 0.480 e. The van der Waals surface area contributed by atoms with Crippen molar-refractivity contribution in [1.29, 1.82) is 0 Å². The van der Waals surface area contributed by atoms with E-state index in [1.165, 1.54) is 0 Å². The van der Waals surface area contributed by atoms with Crippen LogP contribution in [0.1, 0.15) is 12.8 Å². The van der Waals surface area contributed by atoms with E-state index in [1.54, 1.807) is 6.20 Å². The summed E-state index contributed by atoms with van der Waals surface area (Å²) < 4.78 is 0. The first kappa shape index (κ1) is 11.0. The van der Waals surface area contributed by atoms with Gasteiger partial charge in [0.25, 0.3) is 0 Å². The van der Waals surface area contributed by atoms with Gasteiger partial charge in [0, 0.05) is 16.8 Å². The molecule has 5 heteroatoms. The van der Waals surface area contributed by atoms with Gasteiger partial charge in [0.2, 0.25) is 0 Å². The Labute approximate surface area is 104 Å². The standard InChI is InChI=1S/C13H13N3O2/c17-12(18)8-16(10-5-6-10)13-11-4-2-1-3-9(11)7-14-15-13/h1-4,7,10H,5-6,8H2,(H,17,18). The molecule has 18 heavy (non-hydrogen) atoms. The Morgan fingerprint density at radius 1 is 1.39 bits per heavy atom. The van der Waals surface area contributed by atoms with Crippen LogP contribution in [0.15, 0.2) is 30.5 Å². The fourth-order valence-electron chi connectivity index (χ4n) is 2.13. The predicted molar refractivity (Wildman–Crippen MR) is 67.5 cm³/mol. The lowest BCUT2D eigenvalue weighted by atomic mass is 10.2. The highest BCUT2D eigenvalue weighted by molar-refractivity contribution is 5.92. The Morgan fingerprint density at radius 2 is 2.17 bits per heavy atom. The SMILES string of the molecule is O=C(O)CN(c1nncc2ccccc12)C1CC1. The molecular formula is C13H13N3O2. The van der Waals surface area contributed by atoms with Crippen LogP contribution in [0.25, 0.3) is 10.8 Å². The topological polar surface area (TPSA) is 66.3 Å². The molecule has 1 N–H and O–H groups in total. The van der Waals surface area contributed by atoms with E-state index >= 15 is 0 Å². The van der Waals surface area contributed by atoms with E-state index in [1.807, 2.05) is 29.2 Å². The van der Waals surface area contributed by atoms with Crippen LogP contribution >= 0.6 is 0 Å². The Kier molecular flexibility index (Phi) is 2.59. The zero-order valence-electron chi connectivity index (χ0n) is 9.78. The fourth-order valence-corrected chi connectivity index (χ4v) is 2.13. The molecule has 0 saturated heterocycles. The van der Waals surface area contributed by atoms with Crippen LogP contribution in [-0.4, -0.2) is 33.9 Å². The molecule has 0 unspecified atom stereocenters. The van der Waals surface area contributed by atoms with Gasteiger partial charge < -0.3 is 10.0 Å². The molecular weight excluding hydrogens is 230 g/mol. The van der Waals surface area contributed by atoms with Crippen LogP contribution in [0.4, 0.5) is 5.82 Å². The third-order valence-corrected chi connectivity index (χ3v) is 3.12. The summed E-state index contributed by atoms with van der Waals surface area (Å²) in [6.07, 6.45) is 3.75. The highest BCUT2D eigenvalue weighted by Crippen LogP contribution is 2.33. The Hall–Kier alpha value is -2.17. The van der Waals surface area contributed by atoms with Gasteiger partial charge in [0.05, 0.1) is 6.20 Å². The molecule has 92 valence electrons. The second kappa shape index (κ2) is 4.25. The molecule has 2 aromatic rings. The van der Waals surface area contributed by atoms with Crippen LogP contribution in [0.2, 0.25) is 0 Å². The van der Waals surface area contributed by atoms with Gasteiger partial charge in [0.1, 0.15) is 6.54 Å². The van der Waals surface area contributed by atoms with Gasteiger partial charge in [-0.2, -0.15) is 5.10 Å². The van der Waals surface area contributed by atoms with Crippen LogP contribution < -0.4 is 4.90 Å². The lowest BCUT2D eigenvalue weighted by molar-refractivity contribution is -0.135. The highest BCUT2D eigenvalue weighted by atomic mass is 16.4. The van der Waals surface area contributed by atoms with E-state index in [0.29, 0.717) is 11.9 Å². The lowest BCUT2D eigenvalue weighted by Crippen LogP contribution is -2.32. The Bertz CT molecular complexity index is 590. The van der Waals surface area contributed by atoms with Gasteiger partial charge in [-0.3, -0.25) is 4.79 Å². The van der Waals surface area contributed by atoms with Crippen molar-refractivity contribution in [2.24, 2.45) is 0 Å². The molecule has 1 aliphatic carbocycles. The molecule has 1 heterocycles. The third kappa shape index (κ3) is 1.99. The second-order valence-corrected chi connectivity index (χ2v) is 4.51. The average Bonchev–Trinajstić information content (AvgIpc) is 3.19. The molecule has 5 nitrogen and oxygen atoms in total. The van der Waals surface area contributed by atoms with Crippen LogP contribution in [-0.2, 0) is 4.79 Å². The number of aromatic nitrogens is 2. The molecule has 0 aliphatic heterocycles. The molecule has 0 atom stereocenters.